The Morgan fingerprint density at radius 2 is 2.04 bits per heavy atom. The predicted molar refractivity (Wildman–Crippen MR) is 83.9 cm³/mol. The molecule has 8 nitrogen and oxygen atoms in total. The fraction of sp³-hybridized carbons (Fsp3) is 0.143. The highest BCUT2D eigenvalue weighted by Gasteiger charge is 2.19. The molecule has 0 radical (unpaired) electrons. The van der Waals surface area contributed by atoms with Crippen molar-refractivity contribution in [1.82, 2.24) is 9.97 Å². The second-order valence-corrected chi connectivity index (χ2v) is 4.79. The van der Waals surface area contributed by atoms with Crippen molar-refractivity contribution in [3.63, 3.8) is 0 Å². The Hall–Kier alpha value is -3.05. The number of esters is 1. The van der Waals surface area contributed by atoms with Gasteiger partial charge in [-0.2, -0.15) is 10.2 Å². The number of benzene rings is 1. The lowest BCUT2D eigenvalue weighted by atomic mass is 10.1. The van der Waals surface area contributed by atoms with E-state index in [1.807, 2.05) is 6.07 Å². The smallest absolute Gasteiger partial charge is 0.308 e. The molecule has 0 aliphatic rings. The van der Waals surface area contributed by atoms with Crippen molar-refractivity contribution < 1.29 is 14.3 Å². The first kappa shape index (κ1) is 16.3. The number of hydrogen-bond donors (Lipinski definition) is 2. The van der Waals surface area contributed by atoms with Gasteiger partial charge in [0.25, 0.3) is 0 Å². The number of nitrogen functional groups attached to an aromatic ring is 2. The van der Waals surface area contributed by atoms with Crippen LogP contribution in [0.1, 0.15) is 12.5 Å². The molecule has 0 aliphatic carbocycles. The highest BCUT2D eigenvalue weighted by molar-refractivity contribution is 6.32. The number of carbonyl (C=O) groups is 1. The largest absolute Gasteiger partial charge is 0.493 e. The zero-order chi connectivity index (χ0) is 17.1. The summed E-state index contributed by atoms with van der Waals surface area (Å²) in [7, 11) is 1.39. The van der Waals surface area contributed by atoms with Crippen molar-refractivity contribution >= 4 is 29.3 Å². The van der Waals surface area contributed by atoms with E-state index in [0.29, 0.717) is 5.56 Å². The van der Waals surface area contributed by atoms with E-state index in [2.05, 4.69) is 9.97 Å². The topological polar surface area (TPSA) is 137 Å². The second kappa shape index (κ2) is 6.37. The summed E-state index contributed by atoms with van der Waals surface area (Å²) in [5, 5.41) is 9.34. The standard InChI is InChI=1S/C14H12ClN5O3/c1-6(21)23-12-9(15)3-7(4-10(12)22-2)11-8(5-16)13(17)20-14(18)19-11/h3-4H,1-2H3,(H4,17,18,19,20). The van der Waals surface area contributed by atoms with E-state index < -0.39 is 5.97 Å². The summed E-state index contributed by atoms with van der Waals surface area (Å²) >= 11 is 6.14. The molecular weight excluding hydrogens is 322 g/mol. The van der Waals surface area contributed by atoms with Crippen molar-refractivity contribution in [2.45, 2.75) is 6.92 Å². The van der Waals surface area contributed by atoms with Gasteiger partial charge in [0, 0.05) is 12.5 Å². The van der Waals surface area contributed by atoms with Crippen molar-refractivity contribution in [1.29, 1.82) is 5.26 Å². The van der Waals surface area contributed by atoms with Crippen LogP contribution >= 0.6 is 11.6 Å². The van der Waals surface area contributed by atoms with Crippen LogP contribution in [0, 0.1) is 11.3 Å². The molecule has 0 saturated carbocycles. The zero-order valence-electron chi connectivity index (χ0n) is 12.3. The molecule has 23 heavy (non-hydrogen) atoms. The van der Waals surface area contributed by atoms with Gasteiger partial charge in [0.2, 0.25) is 5.95 Å². The van der Waals surface area contributed by atoms with Crippen LogP contribution in [-0.4, -0.2) is 23.0 Å². The number of nitriles is 1. The van der Waals surface area contributed by atoms with Gasteiger partial charge in [-0.15, -0.1) is 0 Å². The van der Waals surface area contributed by atoms with Crippen LogP contribution in [-0.2, 0) is 4.79 Å². The fourth-order valence-electron chi connectivity index (χ4n) is 1.91. The summed E-state index contributed by atoms with van der Waals surface area (Å²) in [6.07, 6.45) is 0. The van der Waals surface area contributed by atoms with Crippen LogP contribution in [0.2, 0.25) is 5.02 Å². The Kier molecular flexibility index (Phi) is 4.52. The monoisotopic (exact) mass is 333 g/mol. The maximum atomic E-state index is 11.1. The molecule has 0 spiro atoms. The minimum absolute atomic E-state index is 0.0471. The first-order valence-corrected chi connectivity index (χ1v) is 6.64. The van der Waals surface area contributed by atoms with E-state index in [1.165, 1.54) is 26.2 Å². The van der Waals surface area contributed by atoms with Gasteiger partial charge in [-0.25, -0.2) is 4.98 Å². The van der Waals surface area contributed by atoms with Crippen molar-refractivity contribution in [3.05, 3.63) is 22.7 Å². The molecule has 2 aromatic rings. The number of nitrogens with zero attached hydrogens (tertiary/aromatic N) is 3. The Morgan fingerprint density at radius 1 is 1.35 bits per heavy atom. The third-order valence-electron chi connectivity index (χ3n) is 2.81. The van der Waals surface area contributed by atoms with Crippen molar-refractivity contribution in [2.24, 2.45) is 0 Å². The summed E-state index contributed by atoms with van der Waals surface area (Å²) in [6, 6.07) is 4.89. The van der Waals surface area contributed by atoms with Gasteiger partial charge < -0.3 is 20.9 Å². The lowest BCUT2D eigenvalue weighted by Gasteiger charge is -2.13. The molecule has 4 N–H and O–H groups in total. The molecule has 118 valence electrons. The Morgan fingerprint density at radius 3 is 2.61 bits per heavy atom. The molecule has 0 bridgehead atoms. The Bertz CT molecular complexity index is 832. The third-order valence-corrected chi connectivity index (χ3v) is 3.10. The van der Waals surface area contributed by atoms with Gasteiger partial charge in [-0.1, -0.05) is 11.6 Å². The number of nitrogens with two attached hydrogens (primary N) is 2. The lowest BCUT2D eigenvalue weighted by molar-refractivity contribution is -0.132. The summed E-state index contributed by atoms with van der Waals surface area (Å²) in [5.74, 6) is -0.419. The Labute approximate surface area is 136 Å². The van der Waals surface area contributed by atoms with Crippen LogP contribution in [0.5, 0.6) is 11.5 Å². The lowest BCUT2D eigenvalue weighted by Crippen LogP contribution is -2.06. The number of anilines is 2. The molecule has 1 aromatic heterocycles. The predicted octanol–water partition coefficient (Wildman–Crippen LogP) is 1.77. The average molecular weight is 334 g/mol. The first-order valence-electron chi connectivity index (χ1n) is 6.26. The number of rotatable bonds is 3. The molecule has 0 amide bonds. The van der Waals surface area contributed by atoms with E-state index >= 15 is 0 Å². The molecule has 1 aromatic carbocycles. The third kappa shape index (κ3) is 3.25. The van der Waals surface area contributed by atoms with Crippen LogP contribution in [0.3, 0.4) is 0 Å². The number of methoxy groups -OCH3 is 1. The quantitative estimate of drug-likeness (QED) is 0.640. The highest BCUT2D eigenvalue weighted by Crippen LogP contribution is 2.40. The van der Waals surface area contributed by atoms with Crippen molar-refractivity contribution in [2.75, 3.05) is 18.6 Å². The summed E-state index contributed by atoms with van der Waals surface area (Å²) < 4.78 is 10.2. The van der Waals surface area contributed by atoms with Gasteiger partial charge in [0.1, 0.15) is 17.5 Å². The van der Waals surface area contributed by atoms with Gasteiger partial charge in [0.05, 0.1) is 17.8 Å². The molecule has 2 rings (SSSR count). The summed E-state index contributed by atoms with van der Waals surface area (Å²) in [4.78, 5) is 18.9. The molecular formula is C14H12ClN5O3. The van der Waals surface area contributed by atoms with Crippen LogP contribution in [0.4, 0.5) is 11.8 Å². The summed E-state index contributed by atoms with van der Waals surface area (Å²) in [5.41, 5.74) is 11.9. The molecule has 0 saturated heterocycles. The number of hydrogen-bond acceptors (Lipinski definition) is 8. The molecule has 0 atom stereocenters. The fourth-order valence-corrected chi connectivity index (χ4v) is 2.16. The highest BCUT2D eigenvalue weighted by atomic mass is 35.5. The number of ether oxygens (including phenoxy) is 2. The van der Waals surface area contributed by atoms with Gasteiger partial charge in [0.15, 0.2) is 11.5 Å². The molecule has 9 heteroatoms. The molecule has 0 unspecified atom stereocenters. The number of carbonyl (C=O) groups excluding carboxylic acids is 1. The first-order chi connectivity index (χ1) is 10.9. The van der Waals surface area contributed by atoms with E-state index in [1.54, 1.807) is 0 Å². The van der Waals surface area contributed by atoms with Gasteiger partial charge in [-0.05, 0) is 12.1 Å². The summed E-state index contributed by atoms with van der Waals surface area (Å²) in [6.45, 7) is 1.24. The van der Waals surface area contributed by atoms with E-state index in [0.717, 1.165) is 0 Å². The van der Waals surface area contributed by atoms with Crippen LogP contribution < -0.4 is 20.9 Å². The van der Waals surface area contributed by atoms with Crippen LogP contribution in [0.25, 0.3) is 11.3 Å². The molecule has 0 aliphatic heterocycles. The maximum absolute atomic E-state index is 11.1. The van der Waals surface area contributed by atoms with E-state index in [9.17, 15) is 10.1 Å². The molecule has 1 heterocycles. The average Bonchev–Trinajstić information content (AvgIpc) is 2.48. The van der Waals surface area contributed by atoms with Gasteiger partial charge in [-0.3, -0.25) is 4.79 Å². The minimum atomic E-state index is -0.550. The minimum Gasteiger partial charge on any atom is -0.493 e. The van der Waals surface area contributed by atoms with Crippen molar-refractivity contribution in [3.8, 4) is 28.8 Å². The SMILES string of the molecule is COc1cc(-c2nc(N)nc(N)c2C#N)cc(Cl)c1OC(C)=O. The van der Waals surface area contributed by atoms with E-state index in [-0.39, 0.29) is 39.5 Å². The maximum Gasteiger partial charge on any atom is 0.308 e. The van der Waals surface area contributed by atoms with Crippen LogP contribution in [0.15, 0.2) is 12.1 Å². The second-order valence-electron chi connectivity index (χ2n) is 4.39. The van der Waals surface area contributed by atoms with E-state index in [4.69, 9.17) is 32.5 Å². The normalized spacial score (nSPS) is 10.0. The number of halogens is 1. The Balaban J connectivity index is 2.69. The zero-order valence-corrected chi connectivity index (χ0v) is 13.0. The molecule has 0 fully saturated rings. The van der Waals surface area contributed by atoms with Gasteiger partial charge >= 0.3 is 5.97 Å². The number of aromatic nitrogens is 2.